The van der Waals surface area contributed by atoms with Crippen LogP contribution in [0.1, 0.15) is 39.3 Å². The third-order valence-corrected chi connectivity index (χ3v) is 5.36. The highest BCUT2D eigenvalue weighted by molar-refractivity contribution is 7.89. The second kappa shape index (κ2) is 5.72. The Labute approximate surface area is 135 Å². The van der Waals surface area contributed by atoms with E-state index in [0.717, 1.165) is 19.4 Å². The van der Waals surface area contributed by atoms with Crippen molar-refractivity contribution in [1.82, 2.24) is 24.9 Å². The highest BCUT2D eigenvalue weighted by Crippen LogP contribution is 2.30. The summed E-state index contributed by atoms with van der Waals surface area (Å²) in [6, 6.07) is 1.42. The second-order valence-electron chi connectivity index (χ2n) is 7.06. The molecule has 9 heteroatoms. The molecule has 2 aromatic rings. The van der Waals surface area contributed by atoms with Crippen molar-refractivity contribution in [2.24, 2.45) is 5.92 Å². The molecule has 0 radical (unpaired) electrons. The Kier molecular flexibility index (Phi) is 4.01. The first-order chi connectivity index (χ1) is 10.7. The van der Waals surface area contributed by atoms with Crippen molar-refractivity contribution >= 4 is 10.0 Å². The fourth-order valence-corrected chi connectivity index (χ4v) is 3.74. The molecule has 23 heavy (non-hydrogen) atoms. The zero-order chi connectivity index (χ0) is 16.7. The van der Waals surface area contributed by atoms with E-state index in [1.165, 1.54) is 6.07 Å². The quantitative estimate of drug-likeness (QED) is 0.881. The number of nitrogens with zero attached hydrogens (tertiary/aromatic N) is 4. The summed E-state index contributed by atoms with van der Waals surface area (Å²) in [6.45, 7) is 6.62. The lowest BCUT2D eigenvalue weighted by atomic mass is 9.81. The first-order valence-electron chi connectivity index (χ1n) is 7.58. The van der Waals surface area contributed by atoms with Gasteiger partial charge in [0.05, 0.1) is 11.9 Å². The van der Waals surface area contributed by atoms with Gasteiger partial charge in [-0.3, -0.25) is 4.68 Å². The Morgan fingerprint density at radius 1 is 1.39 bits per heavy atom. The molecule has 1 aliphatic rings. The van der Waals surface area contributed by atoms with E-state index in [9.17, 15) is 8.42 Å². The molecular weight excluding hydrogens is 318 g/mol. The minimum atomic E-state index is -3.66. The van der Waals surface area contributed by atoms with Crippen LogP contribution in [0.25, 0.3) is 0 Å². The molecule has 3 rings (SSSR count). The molecule has 0 aromatic carbocycles. The van der Waals surface area contributed by atoms with Crippen LogP contribution in [0.4, 0.5) is 0 Å². The van der Waals surface area contributed by atoms with E-state index < -0.39 is 10.0 Å². The summed E-state index contributed by atoms with van der Waals surface area (Å²) in [4.78, 5) is 0. The van der Waals surface area contributed by atoms with E-state index in [0.29, 0.717) is 11.6 Å². The molecule has 1 N–H and O–H groups in total. The molecule has 0 atom stereocenters. The standard InChI is InChI=1S/C14H21N5O3S/c1-14(2,3)12-8-13(22-16-12)23(20,21)17-11-6-10(7-11)9-19-5-4-15-18-19/h4-5,8,10-11,17H,6-7,9H2,1-3H3. The fourth-order valence-electron chi connectivity index (χ4n) is 2.59. The lowest BCUT2D eigenvalue weighted by molar-refractivity contribution is 0.211. The van der Waals surface area contributed by atoms with Crippen molar-refractivity contribution in [2.75, 3.05) is 0 Å². The van der Waals surface area contributed by atoms with Gasteiger partial charge >= 0.3 is 0 Å². The summed E-state index contributed by atoms with van der Waals surface area (Å²) >= 11 is 0. The van der Waals surface area contributed by atoms with E-state index >= 15 is 0 Å². The molecule has 1 aliphatic carbocycles. The summed E-state index contributed by atoms with van der Waals surface area (Å²) in [6.07, 6.45) is 4.99. The summed E-state index contributed by atoms with van der Waals surface area (Å²) < 4.78 is 34.1. The smallest absolute Gasteiger partial charge is 0.277 e. The molecule has 126 valence electrons. The lowest BCUT2D eigenvalue weighted by Crippen LogP contribution is -2.45. The number of nitrogens with one attached hydrogen (secondary N) is 1. The summed E-state index contributed by atoms with van der Waals surface area (Å²) in [5.41, 5.74) is 0.368. The van der Waals surface area contributed by atoms with E-state index in [2.05, 4.69) is 20.2 Å². The van der Waals surface area contributed by atoms with Crippen LogP contribution in [-0.2, 0) is 22.0 Å². The van der Waals surface area contributed by atoms with Crippen LogP contribution in [0.3, 0.4) is 0 Å². The minimum absolute atomic E-state index is 0.0725. The van der Waals surface area contributed by atoms with Crippen LogP contribution in [0, 0.1) is 5.92 Å². The molecule has 0 saturated heterocycles. The highest BCUT2D eigenvalue weighted by atomic mass is 32.2. The maximum Gasteiger partial charge on any atom is 0.277 e. The zero-order valence-electron chi connectivity index (χ0n) is 13.4. The molecular formula is C14H21N5O3S. The molecule has 0 aliphatic heterocycles. The van der Waals surface area contributed by atoms with Crippen LogP contribution in [0.5, 0.6) is 0 Å². The van der Waals surface area contributed by atoms with E-state index in [-0.39, 0.29) is 16.5 Å². The summed E-state index contributed by atoms with van der Waals surface area (Å²) in [7, 11) is -3.66. The molecule has 0 amide bonds. The Balaban J connectivity index is 1.57. The Bertz CT molecular complexity index is 755. The van der Waals surface area contributed by atoms with Gasteiger partial charge in [-0.15, -0.1) is 5.10 Å². The van der Waals surface area contributed by atoms with Gasteiger partial charge in [-0.25, -0.2) is 13.1 Å². The summed E-state index contributed by atoms with van der Waals surface area (Å²) in [5.74, 6) is 0.407. The van der Waals surface area contributed by atoms with Crippen molar-refractivity contribution in [3.8, 4) is 0 Å². The van der Waals surface area contributed by atoms with E-state index in [4.69, 9.17) is 4.52 Å². The number of rotatable bonds is 5. The van der Waals surface area contributed by atoms with Gasteiger partial charge in [-0.05, 0) is 18.8 Å². The molecule has 2 aromatic heterocycles. The fraction of sp³-hybridized carbons (Fsp3) is 0.643. The average Bonchev–Trinajstić information content (AvgIpc) is 3.06. The predicted molar refractivity (Wildman–Crippen MR) is 82.1 cm³/mol. The molecule has 2 heterocycles. The van der Waals surface area contributed by atoms with Gasteiger partial charge in [-0.2, -0.15) is 0 Å². The summed E-state index contributed by atoms with van der Waals surface area (Å²) in [5, 5.41) is 11.4. The maximum absolute atomic E-state index is 12.3. The van der Waals surface area contributed by atoms with E-state index in [1.807, 2.05) is 20.8 Å². The van der Waals surface area contributed by atoms with Gasteiger partial charge in [0.1, 0.15) is 0 Å². The minimum Gasteiger partial charge on any atom is -0.343 e. The normalized spacial score (nSPS) is 22.0. The van der Waals surface area contributed by atoms with Crippen LogP contribution in [0.2, 0.25) is 0 Å². The third kappa shape index (κ3) is 3.61. The number of hydrogen-bond acceptors (Lipinski definition) is 6. The van der Waals surface area contributed by atoms with Crippen molar-refractivity contribution in [1.29, 1.82) is 0 Å². The van der Waals surface area contributed by atoms with Crippen LogP contribution in [0.15, 0.2) is 28.1 Å². The van der Waals surface area contributed by atoms with Gasteiger partial charge in [0.2, 0.25) is 0 Å². The lowest BCUT2D eigenvalue weighted by Gasteiger charge is -2.34. The topological polar surface area (TPSA) is 103 Å². The largest absolute Gasteiger partial charge is 0.343 e. The van der Waals surface area contributed by atoms with Crippen molar-refractivity contribution in [3.05, 3.63) is 24.2 Å². The highest BCUT2D eigenvalue weighted by Gasteiger charge is 2.35. The first-order valence-corrected chi connectivity index (χ1v) is 9.06. The Morgan fingerprint density at radius 2 is 2.13 bits per heavy atom. The van der Waals surface area contributed by atoms with Crippen molar-refractivity contribution < 1.29 is 12.9 Å². The number of sulfonamides is 1. The van der Waals surface area contributed by atoms with Crippen molar-refractivity contribution in [2.45, 2.75) is 56.7 Å². The van der Waals surface area contributed by atoms with Gasteiger partial charge in [0, 0.05) is 30.3 Å². The SMILES string of the molecule is CC(C)(C)c1cc(S(=O)(=O)NC2CC(Cn3ccnn3)C2)on1. The van der Waals surface area contributed by atoms with Crippen LogP contribution < -0.4 is 4.72 Å². The van der Waals surface area contributed by atoms with E-state index in [1.54, 1.807) is 17.1 Å². The monoisotopic (exact) mass is 339 g/mol. The molecule has 1 fully saturated rings. The van der Waals surface area contributed by atoms with Gasteiger partial charge in [0.15, 0.2) is 0 Å². The molecule has 0 unspecified atom stereocenters. The first kappa shape index (κ1) is 16.1. The molecule has 0 spiro atoms. The van der Waals surface area contributed by atoms with Gasteiger partial charge in [-0.1, -0.05) is 31.1 Å². The van der Waals surface area contributed by atoms with Gasteiger partial charge < -0.3 is 4.52 Å². The molecule has 8 nitrogen and oxygen atoms in total. The third-order valence-electron chi connectivity index (χ3n) is 4.00. The van der Waals surface area contributed by atoms with Gasteiger partial charge in [0.25, 0.3) is 15.1 Å². The molecule has 0 bridgehead atoms. The van der Waals surface area contributed by atoms with Crippen molar-refractivity contribution in [3.63, 3.8) is 0 Å². The molecule has 1 saturated carbocycles. The predicted octanol–water partition coefficient (Wildman–Crippen LogP) is 1.32. The Hall–Kier alpha value is -1.74. The maximum atomic E-state index is 12.3. The zero-order valence-corrected chi connectivity index (χ0v) is 14.2. The average molecular weight is 339 g/mol. The number of aromatic nitrogens is 4. The number of hydrogen-bond donors (Lipinski definition) is 1. The second-order valence-corrected chi connectivity index (χ2v) is 8.71. The Morgan fingerprint density at radius 3 is 2.70 bits per heavy atom. The van der Waals surface area contributed by atoms with Crippen LogP contribution >= 0.6 is 0 Å². The van der Waals surface area contributed by atoms with Crippen LogP contribution in [-0.4, -0.2) is 34.6 Å².